The van der Waals surface area contributed by atoms with E-state index in [1.807, 2.05) is 0 Å². The molecule has 2 saturated heterocycles. The van der Waals surface area contributed by atoms with Crippen molar-refractivity contribution >= 4 is 53.8 Å². The standard InChI is InChI=1S/C31H44FN7O6.C4H10.CH4S/c1-31(2,3)26(29(44)39-12-4-5-23(39)28(43)35-22(17-19-6-7-19)25(41)27(33)42)36-30(45)34-18-24(40)38-15-13-37(14-16-38)21-10-8-20(32)9-11-21;1-4(2)3;1-2/h8-11,19,22-23,26H,4-7,12-18H2,1-3H3,(H2,33,42)(H,35,43)(H2,34,36,45);4H,1-3H3;2H,1H3/t22?,23-,26?;;/m0../s1. The molecule has 51 heavy (non-hydrogen) atoms. The Morgan fingerprint density at radius 2 is 1.47 bits per heavy atom. The predicted molar refractivity (Wildman–Crippen MR) is 199 cm³/mol. The molecule has 1 aliphatic carbocycles. The monoisotopic (exact) mass is 735 g/mol. The largest absolute Gasteiger partial charge is 0.368 e. The van der Waals surface area contributed by atoms with E-state index >= 15 is 0 Å². The Morgan fingerprint density at radius 1 is 0.902 bits per heavy atom. The minimum atomic E-state index is -1.12. The number of primary amides is 1. The second kappa shape index (κ2) is 20.2. The zero-order chi connectivity index (χ0) is 38.5. The number of hydrogen-bond acceptors (Lipinski definition) is 8. The molecule has 0 aromatic heterocycles. The molecule has 2 heterocycles. The molecule has 286 valence electrons. The maximum atomic E-state index is 13.8. The van der Waals surface area contributed by atoms with Crippen LogP contribution in [0.4, 0.5) is 14.9 Å². The minimum absolute atomic E-state index is 0.241. The second-order valence-electron chi connectivity index (χ2n) is 14.9. The van der Waals surface area contributed by atoms with Gasteiger partial charge in [0.2, 0.25) is 23.5 Å². The molecule has 2 aliphatic heterocycles. The highest BCUT2D eigenvalue weighted by molar-refractivity contribution is 7.79. The molecule has 6 amide bonds. The van der Waals surface area contributed by atoms with E-state index in [2.05, 4.69) is 54.3 Å². The summed E-state index contributed by atoms with van der Waals surface area (Å²) in [6.07, 6.45) is 4.75. The van der Waals surface area contributed by atoms with Crippen molar-refractivity contribution in [2.75, 3.05) is 50.4 Å². The highest BCUT2D eigenvalue weighted by Crippen LogP contribution is 2.34. The number of Topliss-reactive ketones (excluding diaryl/α,β-unsaturated/α-hetero) is 1. The average Bonchev–Trinajstić information content (AvgIpc) is 3.76. The SMILES string of the molecule is CC(C)(C)C(NC(=O)NCC(=O)N1CCN(c2ccc(F)cc2)CC1)C(=O)N1CCC[C@H]1C(=O)NC(CC1CC1)C(=O)C(N)=O.CC(C)C.CS. The zero-order valence-corrected chi connectivity index (χ0v) is 32.1. The number of nitrogens with zero attached hydrogens (tertiary/aromatic N) is 3. The van der Waals surface area contributed by atoms with Crippen LogP contribution in [0, 0.1) is 23.1 Å². The van der Waals surface area contributed by atoms with Crippen LogP contribution in [0.25, 0.3) is 0 Å². The summed E-state index contributed by atoms with van der Waals surface area (Å²) in [4.78, 5) is 81.8. The number of amides is 6. The first-order valence-electron chi connectivity index (χ1n) is 17.7. The number of carbonyl (C=O) groups excluding carboxylic acids is 6. The van der Waals surface area contributed by atoms with Crippen LogP contribution in [0.15, 0.2) is 24.3 Å². The van der Waals surface area contributed by atoms with Crippen LogP contribution < -0.4 is 26.6 Å². The van der Waals surface area contributed by atoms with Gasteiger partial charge >= 0.3 is 6.03 Å². The average molecular weight is 736 g/mol. The summed E-state index contributed by atoms with van der Waals surface area (Å²) in [7, 11) is 0. The highest BCUT2D eigenvalue weighted by Gasteiger charge is 2.43. The summed E-state index contributed by atoms with van der Waals surface area (Å²) in [6.45, 7) is 13.9. The number of carbonyl (C=O) groups is 6. The smallest absolute Gasteiger partial charge is 0.315 e. The first-order chi connectivity index (χ1) is 24.0. The van der Waals surface area contributed by atoms with Crippen LogP contribution >= 0.6 is 12.6 Å². The number of nitrogens with two attached hydrogens (primary N) is 1. The van der Waals surface area contributed by atoms with E-state index in [4.69, 9.17) is 5.73 Å². The van der Waals surface area contributed by atoms with Crippen molar-refractivity contribution in [2.24, 2.45) is 23.0 Å². The maximum Gasteiger partial charge on any atom is 0.315 e. The van der Waals surface area contributed by atoms with Gasteiger partial charge in [0, 0.05) is 38.4 Å². The lowest BCUT2D eigenvalue weighted by Crippen LogP contribution is -2.60. The normalized spacial score (nSPS) is 18.3. The van der Waals surface area contributed by atoms with E-state index in [1.54, 1.807) is 44.1 Å². The van der Waals surface area contributed by atoms with Gasteiger partial charge in [-0.05, 0) is 67.0 Å². The molecule has 13 nitrogen and oxygen atoms in total. The molecule has 15 heteroatoms. The number of anilines is 1. The van der Waals surface area contributed by atoms with Crippen LogP contribution in [0.2, 0.25) is 0 Å². The number of likely N-dealkylation sites (tertiary alicyclic amines) is 1. The maximum absolute atomic E-state index is 13.8. The number of ketones is 1. The molecular formula is C36H58FN7O6S. The third kappa shape index (κ3) is 14.0. The molecule has 1 saturated carbocycles. The zero-order valence-electron chi connectivity index (χ0n) is 31.2. The summed E-state index contributed by atoms with van der Waals surface area (Å²) in [5.74, 6) is -2.49. The van der Waals surface area contributed by atoms with Gasteiger partial charge in [-0.15, -0.1) is 0 Å². The summed E-state index contributed by atoms with van der Waals surface area (Å²) in [5.41, 5.74) is 5.33. The van der Waals surface area contributed by atoms with Gasteiger partial charge in [-0.1, -0.05) is 54.4 Å². The van der Waals surface area contributed by atoms with Crippen molar-refractivity contribution in [2.45, 2.75) is 91.8 Å². The van der Waals surface area contributed by atoms with Crippen molar-refractivity contribution in [1.29, 1.82) is 0 Å². The molecule has 1 aromatic carbocycles. The number of piperazine rings is 1. The summed E-state index contributed by atoms with van der Waals surface area (Å²) < 4.78 is 13.2. The third-order valence-electron chi connectivity index (χ3n) is 8.59. The first kappa shape index (κ1) is 43.3. The van der Waals surface area contributed by atoms with Gasteiger partial charge in [-0.2, -0.15) is 12.6 Å². The van der Waals surface area contributed by atoms with Crippen LogP contribution in [-0.2, 0) is 24.0 Å². The van der Waals surface area contributed by atoms with E-state index in [0.29, 0.717) is 45.4 Å². The second-order valence-corrected chi connectivity index (χ2v) is 14.9. The topological polar surface area (TPSA) is 174 Å². The first-order valence-corrected chi connectivity index (χ1v) is 18.6. The summed E-state index contributed by atoms with van der Waals surface area (Å²) >= 11 is 3.53. The van der Waals surface area contributed by atoms with Crippen LogP contribution in [0.1, 0.15) is 73.6 Å². The Kier molecular flexibility index (Phi) is 17.2. The van der Waals surface area contributed by atoms with E-state index in [1.165, 1.54) is 17.0 Å². The number of rotatable bonds is 11. The fraction of sp³-hybridized carbons (Fsp3) is 0.667. The fourth-order valence-electron chi connectivity index (χ4n) is 5.79. The van der Waals surface area contributed by atoms with Crippen molar-refractivity contribution < 1.29 is 33.2 Å². The van der Waals surface area contributed by atoms with Gasteiger partial charge in [-0.3, -0.25) is 24.0 Å². The molecule has 0 bridgehead atoms. The fourth-order valence-corrected chi connectivity index (χ4v) is 5.79. The van der Waals surface area contributed by atoms with Crippen molar-refractivity contribution in [3.8, 4) is 0 Å². The molecule has 0 spiro atoms. The number of halogens is 1. The lowest BCUT2D eigenvalue weighted by molar-refractivity contribution is -0.143. The lowest BCUT2D eigenvalue weighted by atomic mass is 9.85. The molecule has 1 aromatic rings. The van der Waals surface area contributed by atoms with Gasteiger partial charge in [-0.25, -0.2) is 9.18 Å². The van der Waals surface area contributed by atoms with Gasteiger partial charge in [0.1, 0.15) is 17.9 Å². The predicted octanol–water partition coefficient (Wildman–Crippen LogP) is 2.73. The van der Waals surface area contributed by atoms with Gasteiger partial charge < -0.3 is 36.4 Å². The third-order valence-corrected chi connectivity index (χ3v) is 8.59. The molecule has 3 atom stereocenters. The van der Waals surface area contributed by atoms with E-state index < -0.39 is 53.1 Å². The number of nitrogens with one attached hydrogen (secondary N) is 3. The van der Waals surface area contributed by atoms with Crippen LogP contribution in [-0.4, -0.2) is 109 Å². The number of hydrogen-bond donors (Lipinski definition) is 5. The van der Waals surface area contributed by atoms with E-state index in [0.717, 1.165) is 24.4 Å². The Labute approximate surface area is 307 Å². The number of benzene rings is 1. The van der Waals surface area contributed by atoms with E-state index in [9.17, 15) is 33.2 Å². The molecule has 0 radical (unpaired) electrons. The summed E-state index contributed by atoms with van der Waals surface area (Å²) in [6, 6.07) is 2.55. The van der Waals surface area contributed by atoms with Crippen LogP contribution in [0.3, 0.4) is 0 Å². The summed E-state index contributed by atoms with van der Waals surface area (Å²) in [5, 5.41) is 7.90. The molecule has 5 N–H and O–H groups in total. The quantitative estimate of drug-likeness (QED) is 0.172. The Balaban J connectivity index is 0.00000140. The molecule has 3 fully saturated rings. The molecular weight excluding hydrogens is 678 g/mol. The Bertz CT molecular complexity index is 1340. The van der Waals surface area contributed by atoms with Gasteiger partial charge in [0.25, 0.3) is 5.91 Å². The Morgan fingerprint density at radius 3 is 1.98 bits per heavy atom. The lowest BCUT2D eigenvalue weighted by Gasteiger charge is -2.36. The Hall–Kier alpha value is -3.88. The minimum Gasteiger partial charge on any atom is -0.368 e. The highest BCUT2D eigenvalue weighted by atomic mass is 32.1. The van der Waals surface area contributed by atoms with E-state index in [-0.39, 0.29) is 30.7 Å². The number of thiol groups is 1. The van der Waals surface area contributed by atoms with Gasteiger partial charge in [0.15, 0.2) is 0 Å². The molecule has 2 unspecified atom stereocenters. The van der Waals surface area contributed by atoms with Crippen molar-refractivity contribution in [3.05, 3.63) is 30.1 Å². The molecule has 3 aliphatic rings. The molecule has 4 rings (SSSR count). The van der Waals surface area contributed by atoms with Crippen molar-refractivity contribution in [3.63, 3.8) is 0 Å². The van der Waals surface area contributed by atoms with Crippen molar-refractivity contribution in [1.82, 2.24) is 25.8 Å². The number of urea groups is 1. The van der Waals surface area contributed by atoms with Crippen LogP contribution in [0.5, 0.6) is 0 Å². The van der Waals surface area contributed by atoms with Gasteiger partial charge in [0.05, 0.1) is 12.6 Å².